The summed E-state index contributed by atoms with van der Waals surface area (Å²) in [5.74, 6) is -0.394. The Balaban J connectivity index is 1.65. The fraction of sp³-hybridized carbons (Fsp3) is 0.200. The lowest BCUT2D eigenvalue weighted by molar-refractivity contribution is 0.0951. The monoisotopic (exact) mass is 370 g/mol. The van der Waals surface area contributed by atoms with Crippen molar-refractivity contribution in [2.24, 2.45) is 0 Å². The zero-order chi connectivity index (χ0) is 18.4. The number of nitrogens with zero attached hydrogens (tertiary/aromatic N) is 1. The van der Waals surface area contributed by atoms with E-state index in [-0.39, 0.29) is 18.3 Å². The Morgan fingerprint density at radius 3 is 2.54 bits per heavy atom. The first-order valence-electron chi connectivity index (χ1n) is 8.34. The van der Waals surface area contributed by atoms with Gasteiger partial charge in [-0.2, -0.15) is 0 Å². The number of carbonyl (C=O) groups is 1. The summed E-state index contributed by atoms with van der Waals surface area (Å²) in [7, 11) is 0. The van der Waals surface area contributed by atoms with Gasteiger partial charge in [-0.15, -0.1) is 11.3 Å². The first-order valence-corrected chi connectivity index (χ1v) is 9.22. The smallest absolute Gasteiger partial charge is 0.251 e. The molecule has 0 saturated carbocycles. The second kappa shape index (κ2) is 8.69. The molecule has 1 amide bonds. The van der Waals surface area contributed by atoms with Gasteiger partial charge in [-0.1, -0.05) is 24.3 Å². The molecule has 3 rings (SSSR count). The van der Waals surface area contributed by atoms with Gasteiger partial charge in [0.1, 0.15) is 5.82 Å². The molecule has 0 bridgehead atoms. The van der Waals surface area contributed by atoms with E-state index in [1.807, 2.05) is 17.5 Å². The molecule has 1 heterocycles. The molecule has 0 spiro atoms. The van der Waals surface area contributed by atoms with Crippen LogP contribution < -0.4 is 5.32 Å². The second-order valence-electron chi connectivity index (χ2n) is 5.84. The van der Waals surface area contributed by atoms with Gasteiger partial charge in [-0.25, -0.2) is 9.37 Å². The predicted molar refractivity (Wildman–Crippen MR) is 101 cm³/mol. The molecule has 6 heteroatoms. The third kappa shape index (κ3) is 4.74. The van der Waals surface area contributed by atoms with Crippen LogP contribution in [0.15, 0.2) is 53.9 Å². The van der Waals surface area contributed by atoms with Crippen molar-refractivity contribution < 1.29 is 14.3 Å². The Hall–Kier alpha value is -2.57. The average Bonchev–Trinajstić information content (AvgIpc) is 3.12. The lowest BCUT2D eigenvalue weighted by Gasteiger charge is -2.04. The van der Waals surface area contributed by atoms with Crippen LogP contribution in [-0.4, -0.2) is 29.1 Å². The number of hydrogen-bond donors (Lipinski definition) is 2. The van der Waals surface area contributed by atoms with Crippen molar-refractivity contribution in [3.8, 4) is 11.3 Å². The third-order valence-electron chi connectivity index (χ3n) is 3.88. The Labute approximate surface area is 155 Å². The summed E-state index contributed by atoms with van der Waals surface area (Å²) >= 11 is 1.56. The molecule has 2 aromatic carbocycles. The molecule has 1 aromatic heterocycles. The van der Waals surface area contributed by atoms with Gasteiger partial charge < -0.3 is 10.4 Å². The number of carbonyl (C=O) groups excluding carboxylic acids is 1. The minimum Gasteiger partial charge on any atom is -0.396 e. The number of hydrogen-bond acceptors (Lipinski definition) is 4. The first-order chi connectivity index (χ1) is 12.7. The van der Waals surface area contributed by atoms with Crippen molar-refractivity contribution in [2.75, 3.05) is 13.2 Å². The fourth-order valence-corrected chi connectivity index (χ4v) is 3.31. The number of benzene rings is 2. The van der Waals surface area contributed by atoms with E-state index >= 15 is 0 Å². The molecule has 0 saturated heterocycles. The second-order valence-corrected chi connectivity index (χ2v) is 6.78. The summed E-state index contributed by atoms with van der Waals surface area (Å²) in [6.45, 7) is 0.513. The van der Waals surface area contributed by atoms with Crippen molar-refractivity contribution in [3.63, 3.8) is 0 Å². The van der Waals surface area contributed by atoms with Gasteiger partial charge in [-0.05, 0) is 36.2 Å². The Morgan fingerprint density at radius 1 is 1.12 bits per heavy atom. The van der Waals surface area contributed by atoms with E-state index in [2.05, 4.69) is 10.3 Å². The van der Waals surface area contributed by atoms with Crippen molar-refractivity contribution in [1.82, 2.24) is 10.3 Å². The minimum atomic E-state index is -0.242. The fourth-order valence-electron chi connectivity index (χ4n) is 2.48. The number of rotatable bonds is 7. The molecular formula is C20H19FN2O2S. The molecule has 0 aliphatic heterocycles. The van der Waals surface area contributed by atoms with Gasteiger partial charge in [0.05, 0.1) is 10.7 Å². The average molecular weight is 370 g/mol. The Morgan fingerprint density at radius 2 is 1.85 bits per heavy atom. The summed E-state index contributed by atoms with van der Waals surface area (Å²) in [5.41, 5.74) is 3.40. The molecule has 3 aromatic rings. The highest BCUT2D eigenvalue weighted by Gasteiger charge is 2.08. The van der Waals surface area contributed by atoms with Gasteiger partial charge in [0.2, 0.25) is 0 Å². The van der Waals surface area contributed by atoms with Crippen LogP contribution in [0.3, 0.4) is 0 Å². The lowest BCUT2D eigenvalue weighted by atomic mass is 10.1. The molecular weight excluding hydrogens is 351 g/mol. The van der Waals surface area contributed by atoms with E-state index in [0.29, 0.717) is 24.9 Å². The maximum atomic E-state index is 13.0. The third-order valence-corrected chi connectivity index (χ3v) is 4.73. The van der Waals surface area contributed by atoms with Crippen molar-refractivity contribution in [3.05, 3.63) is 75.9 Å². The zero-order valence-electron chi connectivity index (χ0n) is 14.1. The topological polar surface area (TPSA) is 62.2 Å². The quantitative estimate of drug-likeness (QED) is 0.624. The largest absolute Gasteiger partial charge is 0.396 e. The Kier molecular flexibility index (Phi) is 6.09. The van der Waals surface area contributed by atoms with Crippen LogP contribution in [0.1, 0.15) is 27.3 Å². The molecule has 0 fully saturated rings. The molecule has 134 valence electrons. The van der Waals surface area contributed by atoms with Crippen molar-refractivity contribution in [2.45, 2.75) is 12.8 Å². The van der Waals surface area contributed by atoms with Gasteiger partial charge in [-0.3, -0.25) is 4.79 Å². The van der Waals surface area contributed by atoms with Gasteiger partial charge >= 0.3 is 0 Å². The molecule has 0 radical (unpaired) electrons. The normalized spacial score (nSPS) is 10.7. The number of aliphatic hydroxyl groups is 1. The number of nitrogens with one attached hydrogen (secondary N) is 1. The number of aromatic nitrogens is 1. The molecule has 4 nitrogen and oxygen atoms in total. The minimum absolute atomic E-state index is 0.0588. The summed E-state index contributed by atoms with van der Waals surface area (Å²) in [6, 6.07) is 13.7. The molecule has 26 heavy (non-hydrogen) atoms. The molecule has 0 atom stereocenters. The van der Waals surface area contributed by atoms with Crippen LogP contribution >= 0.6 is 11.3 Å². The van der Waals surface area contributed by atoms with E-state index in [9.17, 15) is 9.18 Å². The van der Waals surface area contributed by atoms with Crippen LogP contribution in [0.25, 0.3) is 11.3 Å². The van der Waals surface area contributed by atoms with Gasteiger partial charge in [0.15, 0.2) is 0 Å². The summed E-state index contributed by atoms with van der Waals surface area (Å²) in [5, 5.41) is 14.4. The van der Waals surface area contributed by atoms with E-state index in [1.54, 1.807) is 35.6 Å². The van der Waals surface area contributed by atoms with Crippen LogP contribution in [-0.2, 0) is 6.42 Å². The van der Waals surface area contributed by atoms with Crippen LogP contribution in [0.2, 0.25) is 0 Å². The molecule has 0 aliphatic rings. The van der Waals surface area contributed by atoms with Gasteiger partial charge in [0.25, 0.3) is 5.91 Å². The molecule has 0 aliphatic carbocycles. The standard InChI is InChI=1S/C20H19FN2O2S/c21-17-8-2-14(3-9-17)12-19-23-18(13-26-19)15-4-6-16(7-5-15)20(25)22-10-1-11-24/h2-9,13,24H,1,10-12H2,(H,22,25). The van der Waals surface area contributed by atoms with Crippen LogP contribution in [0, 0.1) is 5.82 Å². The first kappa shape index (κ1) is 18.2. The highest BCUT2D eigenvalue weighted by Crippen LogP contribution is 2.24. The number of aliphatic hydroxyl groups excluding tert-OH is 1. The zero-order valence-corrected chi connectivity index (χ0v) is 14.9. The van der Waals surface area contributed by atoms with E-state index in [0.717, 1.165) is 21.8 Å². The van der Waals surface area contributed by atoms with Crippen LogP contribution in [0.4, 0.5) is 4.39 Å². The predicted octanol–water partition coefficient (Wildman–Crippen LogP) is 3.65. The maximum Gasteiger partial charge on any atom is 0.251 e. The molecule has 0 unspecified atom stereocenters. The van der Waals surface area contributed by atoms with Crippen LogP contribution in [0.5, 0.6) is 0 Å². The van der Waals surface area contributed by atoms with E-state index < -0.39 is 0 Å². The Bertz CT molecular complexity index is 860. The number of thiazole rings is 1. The SMILES string of the molecule is O=C(NCCCO)c1ccc(-c2csc(Cc3ccc(F)cc3)n2)cc1. The summed E-state index contributed by atoms with van der Waals surface area (Å²) in [6.07, 6.45) is 1.20. The lowest BCUT2D eigenvalue weighted by Crippen LogP contribution is -2.24. The van der Waals surface area contributed by atoms with E-state index in [4.69, 9.17) is 5.11 Å². The maximum absolute atomic E-state index is 13.0. The highest BCUT2D eigenvalue weighted by atomic mass is 32.1. The van der Waals surface area contributed by atoms with E-state index in [1.165, 1.54) is 12.1 Å². The van der Waals surface area contributed by atoms with Crippen molar-refractivity contribution in [1.29, 1.82) is 0 Å². The molecule has 2 N–H and O–H groups in total. The van der Waals surface area contributed by atoms with Gasteiger partial charge in [0, 0.05) is 36.1 Å². The highest BCUT2D eigenvalue weighted by molar-refractivity contribution is 7.10. The summed E-state index contributed by atoms with van der Waals surface area (Å²) in [4.78, 5) is 16.6. The summed E-state index contributed by atoms with van der Waals surface area (Å²) < 4.78 is 13.0. The number of amides is 1. The van der Waals surface area contributed by atoms with Crippen molar-refractivity contribution >= 4 is 17.2 Å². The number of halogens is 1.